The Bertz CT molecular complexity index is 498. The fourth-order valence-electron chi connectivity index (χ4n) is 2.59. The Morgan fingerprint density at radius 1 is 1.38 bits per heavy atom. The predicted molar refractivity (Wildman–Crippen MR) is 85.3 cm³/mol. The van der Waals surface area contributed by atoms with Crippen molar-refractivity contribution in [3.8, 4) is 5.75 Å². The zero-order valence-electron chi connectivity index (χ0n) is 12.4. The first-order valence-electron chi connectivity index (χ1n) is 7.42. The van der Waals surface area contributed by atoms with Gasteiger partial charge in [-0.25, -0.2) is 0 Å². The lowest BCUT2D eigenvalue weighted by Crippen LogP contribution is -2.41. The highest BCUT2D eigenvalue weighted by atomic mass is 79.9. The quantitative estimate of drug-likeness (QED) is 0.851. The Morgan fingerprint density at radius 2 is 2.05 bits per heavy atom. The van der Waals surface area contributed by atoms with Crippen LogP contribution in [-0.4, -0.2) is 23.2 Å². The van der Waals surface area contributed by atoms with Crippen LogP contribution in [0.4, 0.5) is 0 Å². The summed E-state index contributed by atoms with van der Waals surface area (Å²) >= 11 is 3.37. The van der Waals surface area contributed by atoms with Crippen molar-refractivity contribution in [1.82, 2.24) is 5.32 Å². The summed E-state index contributed by atoms with van der Waals surface area (Å²) in [4.78, 5) is 12.1. The number of ether oxygens (including phenoxy) is 1. The molecule has 4 nitrogen and oxygen atoms in total. The molecule has 2 rings (SSSR count). The first-order valence-corrected chi connectivity index (χ1v) is 8.21. The van der Waals surface area contributed by atoms with Crippen molar-refractivity contribution in [1.29, 1.82) is 0 Å². The molecule has 2 unspecified atom stereocenters. The van der Waals surface area contributed by atoms with Crippen LogP contribution in [0.15, 0.2) is 22.7 Å². The van der Waals surface area contributed by atoms with Crippen molar-refractivity contribution in [2.24, 2.45) is 0 Å². The van der Waals surface area contributed by atoms with E-state index in [-0.39, 0.29) is 11.9 Å². The molecule has 1 saturated carbocycles. The summed E-state index contributed by atoms with van der Waals surface area (Å²) < 4.78 is 6.61. The van der Waals surface area contributed by atoms with E-state index in [1.807, 2.05) is 12.1 Å². The molecule has 0 aromatic heterocycles. The minimum Gasteiger partial charge on any atom is -0.481 e. The Hall–Kier alpha value is -1.07. The average Bonchev–Trinajstić information content (AvgIpc) is 2.93. The zero-order valence-corrected chi connectivity index (χ0v) is 14.0. The van der Waals surface area contributed by atoms with Gasteiger partial charge in [0.1, 0.15) is 5.75 Å². The summed E-state index contributed by atoms with van der Waals surface area (Å²) in [6.07, 6.45) is 3.23. The van der Waals surface area contributed by atoms with Crippen molar-refractivity contribution >= 4 is 21.8 Å². The highest BCUT2D eigenvalue weighted by molar-refractivity contribution is 9.10. The van der Waals surface area contributed by atoms with Gasteiger partial charge in [0.05, 0.1) is 6.10 Å². The molecule has 0 aliphatic heterocycles. The lowest BCUT2D eigenvalue weighted by Gasteiger charge is -2.20. The topological polar surface area (TPSA) is 58.6 Å². The summed E-state index contributed by atoms with van der Waals surface area (Å²) in [5, 5.41) is 12.8. The smallest absolute Gasteiger partial charge is 0.260 e. The number of nitrogens with one attached hydrogen (secondary N) is 1. The van der Waals surface area contributed by atoms with Gasteiger partial charge < -0.3 is 15.2 Å². The molecule has 1 aromatic rings. The standard InChI is InChI=1S/C16H22BrNO3/c1-10(19)14-9-12(17)7-8-15(14)21-11(2)16(20)18-13-5-3-4-6-13/h7-11,13,19H,3-6H2,1-2H3,(H,18,20). The number of amides is 1. The van der Waals surface area contributed by atoms with E-state index >= 15 is 0 Å². The molecule has 2 N–H and O–H groups in total. The Morgan fingerprint density at radius 3 is 2.67 bits per heavy atom. The van der Waals surface area contributed by atoms with Crippen LogP contribution in [0.1, 0.15) is 51.2 Å². The highest BCUT2D eigenvalue weighted by Gasteiger charge is 2.22. The number of rotatable bonds is 5. The van der Waals surface area contributed by atoms with E-state index in [1.165, 1.54) is 12.8 Å². The Labute approximate surface area is 134 Å². The van der Waals surface area contributed by atoms with Crippen molar-refractivity contribution < 1.29 is 14.6 Å². The van der Waals surface area contributed by atoms with Crippen LogP contribution in [0.2, 0.25) is 0 Å². The molecular weight excluding hydrogens is 334 g/mol. The fourth-order valence-corrected chi connectivity index (χ4v) is 2.96. The number of aliphatic hydroxyl groups is 1. The van der Waals surface area contributed by atoms with E-state index in [2.05, 4.69) is 21.2 Å². The van der Waals surface area contributed by atoms with E-state index in [0.29, 0.717) is 11.3 Å². The van der Waals surface area contributed by atoms with Gasteiger partial charge >= 0.3 is 0 Å². The number of hydrogen-bond acceptors (Lipinski definition) is 3. The molecule has 0 heterocycles. The summed E-state index contributed by atoms with van der Waals surface area (Å²) in [7, 11) is 0. The molecule has 5 heteroatoms. The number of benzene rings is 1. The van der Waals surface area contributed by atoms with E-state index in [0.717, 1.165) is 17.3 Å². The van der Waals surface area contributed by atoms with Gasteiger partial charge in [0.25, 0.3) is 5.91 Å². The molecule has 0 spiro atoms. The average molecular weight is 356 g/mol. The first-order chi connectivity index (χ1) is 9.97. The second-order valence-corrected chi connectivity index (χ2v) is 6.52. The lowest BCUT2D eigenvalue weighted by molar-refractivity contribution is -0.128. The van der Waals surface area contributed by atoms with Gasteiger partial charge in [0.2, 0.25) is 0 Å². The lowest BCUT2D eigenvalue weighted by atomic mass is 10.1. The first kappa shape index (κ1) is 16.3. The number of halogens is 1. The molecule has 0 radical (unpaired) electrons. The van der Waals surface area contributed by atoms with Gasteiger partial charge in [-0.05, 0) is 44.9 Å². The molecule has 1 aliphatic rings. The van der Waals surface area contributed by atoms with Crippen molar-refractivity contribution in [2.75, 3.05) is 0 Å². The Balaban J connectivity index is 2.01. The monoisotopic (exact) mass is 355 g/mol. The minimum atomic E-state index is -0.650. The number of carbonyl (C=O) groups is 1. The number of hydrogen-bond donors (Lipinski definition) is 2. The molecule has 1 aliphatic carbocycles. The maximum Gasteiger partial charge on any atom is 0.260 e. The van der Waals surface area contributed by atoms with E-state index in [4.69, 9.17) is 4.74 Å². The van der Waals surface area contributed by atoms with Gasteiger partial charge in [-0.15, -0.1) is 0 Å². The number of carbonyl (C=O) groups excluding carboxylic acids is 1. The van der Waals surface area contributed by atoms with Gasteiger partial charge in [0, 0.05) is 16.1 Å². The predicted octanol–water partition coefficient (Wildman–Crippen LogP) is 3.33. The molecule has 1 aromatic carbocycles. The molecule has 1 amide bonds. The van der Waals surface area contributed by atoms with Gasteiger partial charge in [-0.2, -0.15) is 0 Å². The van der Waals surface area contributed by atoms with Crippen LogP contribution in [0, 0.1) is 0 Å². The third-order valence-electron chi connectivity index (χ3n) is 3.80. The van der Waals surface area contributed by atoms with Gasteiger partial charge in [-0.1, -0.05) is 28.8 Å². The van der Waals surface area contributed by atoms with Gasteiger partial charge in [0.15, 0.2) is 6.10 Å². The maximum atomic E-state index is 12.1. The van der Waals surface area contributed by atoms with E-state index in [9.17, 15) is 9.90 Å². The SMILES string of the molecule is CC(Oc1ccc(Br)cc1C(C)O)C(=O)NC1CCCC1. The normalized spacial score (nSPS) is 18.3. The summed E-state index contributed by atoms with van der Waals surface area (Å²) in [5.74, 6) is 0.448. The highest BCUT2D eigenvalue weighted by Crippen LogP contribution is 2.29. The molecule has 0 saturated heterocycles. The fraction of sp³-hybridized carbons (Fsp3) is 0.562. The summed E-state index contributed by atoms with van der Waals surface area (Å²) in [5.41, 5.74) is 0.671. The van der Waals surface area contributed by atoms with Crippen molar-refractivity contribution in [2.45, 2.75) is 57.8 Å². The zero-order chi connectivity index (χ0) is 15.4. The van der Waals surface area contributed by atoms with Crippen LogP contribution in [0.3, 0.4) is 0 Å². The molecule has 116 valence electrons. The molecule has 21 heavy (non-hydrogen) atoms. The second-order valence-electron chi connectivity index (χ2n) is 5.61. The van der Waals surface area contributed by atoms with Crippen LogP contribution in [0.25, 0.3) is 0 Å². The van der Waals surface area contributed by atoms with Crippen LogP contribution < -0.4 is 10.1 Å². The largest absolute Gasteiger partial charge is 0.481 e. The summed E-state index contributed by atoms with van der Waals surface area (Å²) in [6, 6.07) is 5.69. The van der Waals surface area contributed by atoms with Crippen molar-refractivity contribution in [3.63, 3.8) is 0 Å². The summed E-state index contributed by atoms with van der Waals surface area (Å²) in [6.45, 7) is 3.41. The van der Waals surface area contributed by atoms with E-state index in [1.54, 1.807) is 19.9 Å². The minimum absolute atomic E-state index is 0.0960. The van der Waals surface area contributed by atoms with Crippen LogP contribution >= 0.6 is 15.9 Å². The van der Waals surface area contributed by atoms with E-state index < -0.39 is 12.2 Å². The molecule has 1 fully saturated rings. The van der Waals surface area contributed by atoms with Crippen LogP contribution in [-0.2, 0) is 4.79 Å². The molecular formula is C16H22BrNO3. The maximum absolute atomic E-state index is 12.1. The van der Waals surface area contributed by atoms with Crippen LogP contribution in [0.5, 0.6) is 5.75 Å². The second kappa shape index (κ2) is 7.27. The molecule has 0 bridgehead atoms. The third-order valence-corrected chi connectivity index (χ3v) is 4.29. The van der Waals surface area contributed by atoms with Gasteiger partial charge in [-0.3, -0.25) is 4.79 Å². The third kappa shape index (κ3) is 4.45. The number of aliphatic hydroxyl groups excluding tert-OH is 1. The van der Waals surface area contributed by atoms with Crippen molar-refractivity contribution in [3.05, 3.63) is 28.2 Å². The molecule has 2 atom stereocenters. The Kier molecular flexibility index (Phi) is 5.65.